The smallest absolute Gasteiger partial charge is 0.407 e. The van der Waals surface area contributed by atoms with Crippen LogP contribution in [0.3, 0.4) is 0 Å². The number of ether oxygens (including phenoxy) is 2. The van der Waals surface area contributed by atoms with Gasteiger partial charge in [-0.3, -0.25) is 0 Å². The molecule has 2 aliphatic heterocycles. The van der Waals surface area contributed by atoms with E-state index in [-0.39, 0.29) is 17.7 Å². The molecule has 3 fully saturated rings. The van der Waals surface area contributed by atoms with Crippen LogP contribution in [0.15, 0.2) is 30.3 Å². The third-order valence-corrected chi connectivity index (χ3v) is 6.43. The van der Waals surface area contributed by atoms with E-state index in [0.29, 0.717) is 25.2 Å². The third-order valence-electron chi connectivity index (χ3n) is 6.43. The maximum absolute atomic E-state index is 11.8. The van der Waals surface area contributed by atoms with Crippen LogP contribution < -0.4 is 10.6 Å². The van der Waals surface area contributed by atoms with Crippen LogP contribution in [0.4, 0.5) is 4.79 Å². The van der Waals surface area contributed by atoms with Crippen molar-refractivity contribution in [1.82, 2.24) is 10.6 Å². The van der Waals surface area contributed by atoms with Crippen molar-refractivity contribution >= 4 is 6.09 Å². The normalized spacial score (nSPS) is 34.9. The summed E-state index contributed by atoms with van der Waals surface area (Å²) in [5, 5.41) is 6.67. The van der Waals surface area contributed by atoms with E-state index in [1.54, 1.807) is 0 Å². The molecular formula is C21H30N2O3. The number of carbonyl (C=O) groups is 1. The molecule has 0 bridgehead atoms. The van der Waals surface area contributed by atoms with E-state index in [1.165, 1.54) is 18.4 Å². The average molecular weight is 358 g/mol. The summed E-state index contributed by atoms with van der Waals surface area (Å²) in [4.78, 5) is 11.8. The van der Waals surface area contributed by atoms with Gasteiger partial charge in [0.15, 0.2) is 0 Å². The number of carbonyl (C=O) groups excluding carboxylic acids is 1. The minimum atomic E-state index is -0.284. The maximum atomic E-state index is 11.8. The lowest BCUT2D eigenvalue weighted by molar-refractivity contribution is -0.0219. The largest absolute Gasteiger partial charge is 0.449 e. The minimum Gasteiger partial charge on any atom is -0.449 e. The van der Waals surface area contributed by atoms with Gasteiger partial charge in [-0.05, 0) is 56.6 Å². The summed E-state index contributed by atoms with van der Waals surface area (Å²) in [5.74, 6) is 0.671. The molecule has 0 unspecified atom stereocenters. The van der Waals surface area contributed by atoms with Gasteiger partial charge in [0.1, 0.15) is 0 Å². The molecule has 1 amide bonds. The lowest BCUT2D eigenvalue weighted by Crippen LogP contribution is -2.68. The summed E-state index contributed by atoms with van der Waals surface area (Å²) in [6.07, 6.45) is 7.64. The zero-order valence-corrected chi connectivity index (χ0v) is 15.4. The van der Waals surface area contributed by atoms with Gasteiger partial charge in [0, 0.05) is 6.42 Å². The molecule has 1 spiro atoms. The topological polar surface area (TPSA) is 59.6 Å². The van der Waals surface area contributed by atoms with Crippen LogP contribution in [0.25, 0.3) is 0 Å². The molecule has 142 valence electrons. The zero-order chi connectivity index (χ0) is 17.8. The fourth-order valence-corrected chi connectivity index (χ4v) is 4.87. The number of hydrogen-bond donors (Lipinski definition) is 2. The molecule has 0 aromatic heterocycles. The Bertz CT molecular complexity index is 597. The fourth-order valence-electron chi connectivity index (χ4n) is 4.87. The molecule has 0 radical (unpaired) electrons. The van der Waals surface area contributed by atoms with E-state index in [2.05, 4.69) is 41.0 Å². The summed E-state index contributed by atoms with van der Waals surface area (Å²) in [5.41, 5.74) is 1.26. The van der Waals surface area contributed by atoms with E-state index in [4.69, 9.17) is 9.47 Å². The van der Waals surface area contributed by atoms with Gasteiger partial charge in [0.2, 0.25) is 0 Å². The van der Waals surface area contributed by atoms with Crippen LogP contribution in [0, 0.1) is 0 Å². The zero-order valence-electron chi connectivity index (χ0n) is 15.4. The van der Waals surface area contributed by atoms with Crippen molar-refractivity contribution in [2.45, 2.75) is 68.5 Å². The van der Waals surface area contributed by atoms with Crippen molar-refractivity contribution in [3.63, 3.8) is 0 Å². The molecule has 1 aliphatic carbocycles. The van der Waals surface area contributed by atoms with E-state index in [9.17, 15) is 4.79 Å². The van der Waals surface area contributed by atoms with E-state index >= 15 is 0 Å². The first-order valence-electron chi connectivity index (χ1n) is 10.1. The Balaban J connectivity index is 1.29. The molecule has 5 nitrogen and oxygen atoms in total. The fraction of sp³-hybridized carbons (Fsp3) is 0.667. The maximum Gasteiger partial charge on any atom is 0.407 e. The lowest BCUT2D eigenvalue weighted by Gasteiger charge is -2.47. The van der Waals surface area contributed by atoms with Crippen molar-refractivity contribution in [2.24, 2.45) is 0 Å². The van der Waals surface area contributed by atoms with Gasteiger partial charge < -0.3 is 20.1 Å². The SMILES string of the molecule is O=C1N[C@]2(CCCN[C@H]2CO[C@H]2CC[C@@H](c3ccccc3)CC2)CCO1. The van der Waals surface area contributed by atoms with E-state index in [0.717, 1.165) is 38.6 Å². The predicted octanol–water partition coefficient (Wildman–Crippen LogP) is 3.35. The number of hydrogen-bond acceptors (Lipinski definition) is 4. The Morgan fingerprint density at radius 3 is 2.69 bits per heavy atom. The van der Waals surface area contributed by atoms with Crippen molar-refractivity contribution in [1.29, 1.82) is 0 Å². The van der Waals surface area contributed by atoms with Crippen LogP contribution in [-0.4, -0.2) is 43.5 Å². The van der Waals surface area contributed by atoms with Crippen LogP contribution in [-0.2, 0) is 9.47 Å². The van der Waals surface area contributed by atoms with Gasteiger partial charge in [0.25, 0.3) is 0 Å². The highest BCUT2D eigenvalue weighted by atomic mass is 16.6. The second-order valence-electron chi connectivity index (χ2n) is 7.99. The molecule has 4 rings (SSSR count). The van der Waals surface area contributed by atoms with Gasteiger partial charge in [-0.2, -0.15) is 0 Å². The number of cyclic esters (lactones) is 1. The van der Waals surface area contributed by atoms with Crippen LogP contribution >= 0.6 is 0 Å². The number of piperidine rings is 1. The molecule has 3 aliphatic rings. The number of amides is 1. The predicted molar refractivity (Wildman–Crippen MR) is 100 cm³/mol. The van der Waals surface area contributed by atoms with Gasteiger partial charge in [-0.1, -0.05) is 30.3 Å². The quantitative estimate of drug-likeness (QED) is 0.867. The molecule has 2 N–H and O–H groups in total. The van der Waals surface area contributed by atoms with Gasteiger partial charge in [-0.25, -0.2) is 4.79 Å². The summed E-state index contributed by atoms with van der Waals surface area (Å²) >= 11 is 0. The second-order valence-corrected chi connectivity index (χ2v) is 7.99. The highest BCUT2D eigenvalue weighted by Gasteiger charge is 2.44. The average Bonchev–Trinajstić information content (AvgIpc) is 2.68. The van der Waals surface area contributed by atoms with Crippen molar-refractivity contribution in [2.75, 3.05) is 19.8 Å². The molecule has 26 heavy (non-hydrogen) atoms. The first kappa shape index (κ1) is 17.8. The number of nitrogens with one attached hydrogen (secondary N) is 2. The molecule has 1 aromatic carbocycles. The van der Waals surface area contributed by atoms with Crippen molar-refractivity contribution in [3.8, 4) is 0 Å². The molecular weight excluding hydrogens is 328 g/mol. The van der Waals surface area contributed by atoms with Gasteiger partial charge in [0.05, 0.1) is 30.9 Å². The van der Waals surface area contributed by atoms with Gasteiger partial charge >= 0.3 is 6.09 Å². The number of benzene rings is 1. The highest BCUT2D eigenvalue weighted by Crippen LogP contribution is 2.35. The first-order chi connectivity index (χ1) is 12.8. The number of alkyl carbamates (subject to hydrolysis) is 1. The summed E-state index contributed by atoms with van der Waals surface area (Å²) in [7, 11) is 0. The van der Waals surface area contributed by atoms with Crippen LogP contribution in [0.5, 0.6) is 0 Å². The van der Waals surface area contributed by atoms with Crippen LogP contribution in [0.1, 0.15) is 56.4 Å². The monoisotopic (exact) mass is 358 g/mol. The Hall–Kier alpha value is -1.59. The standard InChI is InChI=1S/C21H30N2O3/c24-20-23-21(12-14-25-20)11-4-13-22-19(21)15-26-18-9-7-17(8-10-18)16-5-2-1-3-6-16/h1-3,5-6,17-19,22H,4,7-15H2,(H,23,24)/t17-,18+,19-,21+/m0/s1. The Morgan fingerprint density at radius 1 is 1.12 bits per heavy atom. The third kappa shape index (κ3) is 3.89. The molecule has 2 atom stereocenters. The van der Waals surface area contributed by atoms with Crippen molar-refractivity contribution in [3.05, 3.63) is 35.9 Å². The molecule has 5 heteroatoms. The van der Waals surface area contributed by atoms with Crippen LogP contribution in [0.2, 0.25) is 0 Å². The minimum absolute atomic E-state index is 0.177. The molecule has 1 saturated carbocycles. The van der Waals surface area contributed by atoms with Gasteiger partial charge in [-0.15, -0.1) is 0 Å². The molecule has 1 aromatic rings. The van der Waals surface area contributed by atoms with E-state index in [1.807, 2.05) is 0 Å². The first-order valence-corrected chi connectivity index (χ1v) is 10.1. The lowest BCUT2D eigenvalue weighted by atomic mass is 9.79. The second kappa shape index (κ2) is 7.97. The van der Waals surface area contributed by atoms with E-state index < -0.39 is 0 Å². The summed E-state index contributed by atoms with van der Waals surface area (Å²) < 4.78 is 11.4. The molecule has 2 saturated heterocycles. The van der Waals surface area contributed by atoms with Crippen molar-refractivity contribution < 1.29 is 14.3 Å². The number of rotatable bonds is 4. The highest BCUT2D eigenvalue weighted by molar-refractivity contribution is 5.69. The molecule has 2 heterocycles. The summed E-state index contributed by atoms with van der Waals surface area (Å²) in [6.45, 7) is 2.17. The Morgan fingerprint density at radius 2 is 1.92 bits per heavy atom. The summed E-state index contributed by atoms with van der Waals surface area (Å²) in [6, 6.07) is 11.0. The Kier molecular flexibility index (Phi) is 5.46. The Labute approximate surface area is 155 Å².